The normalized spacial score (nSPS) is 13.4. The number of benzene rings is 5. The van der Waals surface area contributed by atoms with E-state index >= 15 is 0 Å². The van der Waals surface area contributed by atoms with Crippen molar-refractivity contribution in [2.45, 2.75) is 23.3 Å². The van der Waals surface area contributed by atoms with Gasteiger partial charge in [0.05, 0.1) is 29.0 Å². The highest BCUT2D eigenvalue weighted by Gasteiger charge is 2.36. The van der Waals surface area contributed by atoms with Crippen LogP contribution in [-0.2, 0) is 16.6 Å². The molecule has 0 saturated carbocycles. The van der Waals surface area contributed by atoms with E-state index in [0.717, 1.165) is 16.0 Å². The summed E-state index contributed by atoms with van der Waals surface area (Å²) in [4.78, 5) is 17.7. The maximum Gasteiger partial charge on any atom is 0.264 e. The van der Waals surface area contributed by atoms with Gasteiger partial charge in [-0.3, -0.25) is 9.52 Å². The van der Waals surface area contributed by atoms with Crippen molar-refractivity contribution in [1.82, 2.24) is 20.3 Å². The maximum absolute atomic E-state index is 15.0. The fourth-order valence-corrected chi connectivity index (χ4v) is 8.81. The number of nitrogens with zero attached hydrogens (tertiary/aromatic N) is 4. The van der Waals surface area contributed by atoms with Gasteiger partial charge in [-0.25, -0.2) is 13.1 Å². The monoisotopic (exact) mass is 688 g/mol. The first-order valence-electron chi connectivity index (χ1n) is 16.2. The molecule has 2 heterocycles. The largest absolute Gasteiger partial charge is 0.368 e. The number of fused-ring (bicyclic) bond motifs is 1. The lowest BCUT2D eigenvalue weighted by molar-refractivity contribution is 0.103. The molecule has 1 aliphatic rings. The van der Waals surface area contributed by atoms with E-state index in [1.165, 1.54) is 0 Å². The highest BCUT2D eigenvalue weighted by molar-refractivity contribution is 7.99. The number of para-hydroxylation sites is 1. The third kappa shape index (κ3) is 6.69. The van der Waals surface area contributed by atoms with E-state index in [-0.39, 0.29) is 16.0 Å². The van der Waals surface area contributed by atoms with Crippen molar-refractivity contribution in [2.75, 3.05) is 41.6 Å². The number of carbonyl (C=O) groups is 1. The number of aryl methyl sites for hydroxylation is 2. The van der Waals surface area contributed by atoms with E-state index in [1.807, 2.05) is 78.3 Å². The average Bonchev–Trinajstić information content (AvgIpc) is 3.57. The van der Waals surface area contributed by atoms with Crippen molar-refractivity contribution in [3.63, 3.8) is 0 Å². The van der Waals surface area contributed by atoms with Gasteiger partial charge < -0.3 is 10.2 Å². The molecule has 7 rings (SSSR count). The zero-order valence-electron chi connectivity index (χ0n) is 27.0. The van der Waals surface area contributed by atoms with Gasteiger partial charge in [0.25, 0.3) is 10.0 Å². The minimum absolute atomic E-state index is 0.0204. The second-order valence-electron chi connectivity index (χ2n) is 11.8. The van der Waals surface area contributed by atoms with E-state index in [2.05, 4.69) is 37.4 Å². The molecule has 49 heavy (non-hydrogen) atoms. The fraction of sp³-hybridized carbons (Fsp3) is 0.184. The number of sulfonamides is 1. The van der Waals surface area contributed by atoms with Crippen LogP contribution in [0, 0.1) is 6.92 Å². The van der Waals surface area contributed by atoms with Crippen LogP contribution in [0.25, 0.3) is 22.2 Å². The van der Waals surface area contributed by atoms with Gasteiger partial charge >= 0.3 is 0 Å². The number of anilines is 2. The van der Waals surface area contributed by atoms with E-state index in [1.54, 1.807) is 48.2 Å². The van der Waals surface area contributed by atoms with Crippen molar-refractivity contribution in [2.24, 2.45) is 0 Å². The number of hydrogen-bond acceptors (Lipinski definition) is 8. The standard InChI is InChI=1S/C38H36N6O3S2/c1-27-35-34(40-42-44(35)25-26-48-30-17-9-4-10-18-30)33(37(45)29-15-7-3-8-16-29)38(36(27)43-23-21-39-22-24-43)49(46,47)41-32-20-12-11-19-31(32)28-13-5-2-6-14-28/h2-20,39,41H,21-26H2,1H3. The SMILES string of the molecule is Cc1c(N2CCNCC2)c(S(=O)(=O)Nc2ccccc2-c2ccccc2)c(C(=O)c2ccccc2)c2nnn(CCSc3ccccc3)c12. The number of rotatable bonds is 11. The molecule has 0 spiro atoms. The first-order valence-corrected chi connectivity index (χ1v) is 18.7. The Bertz CT molecular complexity index is 2200. The average molecular weight is 689 g/mol. The zero-order valence-corrected chi connectivity index (χ0v) is 28.7. The van der Waals surface area contributed by atoms with Crippen LogP contribution in [0.3, 0.4) is 0 Å². The molecule has 1 aliphatic heterocycles. The minimum atomic E-state index is -4.38. The van der Waals surface area contributed by atoms with Gasteiger partial charge in [-0.15, -0.1) is 16.9 Å². The number of hydrogen-bond donors (Lipinski definition) is 2. The van der Waals surface area contributed by atoms with Crippen LogP contribution in [0.2, 0.25) is 0 Å². The Hall–Kier alpha value is -4.97. The third-order valence-corrected chi connectivity index (χ3v) is 11.1. The minimum Gasteiger partial charge on any atom is -0.368 e. The summed E-state index contributed by atoms with van der Waals surface area (Å²) in [5, 5.41) is 12.4. The fourth-order valence-electron chi connectivity index (χ4n) is 6.40. The molecule has 0 amide bonds. The molecule has 1 saturated heterocycles. The van der Waals surface area contributed by atoms with E-state index in [4.69, 9.17) is 0 Å². The highest BCUT2D eigenvalue weighted by atomic mass is 32.2. The molecule has 0 bridgehead atoms. The summed E-state index contributed by atoms with van der Waals surface area (Å²) in [5.74, 6) is 0.287. The number of ketones is 1. The Morgan fingerprint density at radius 1 is 0.857 bits per heavy atom. The van der Waals surface area contributed by atoms with Gasteiger partial charge in [0, 0.05) is 53.5 Å². The maximum atomic E-state index is 15.0. The van der Waals surface area contributed by atoms with Crippen LogP contribution in [-0.4, -0.2) is 61.1 Å². The Morgan fingerprint density at radius 2 is 1.49 bits per heavy atom. The zero-order chi connectivity index (χ0) is 33.8. The lowest BCUT2D eigenvalue weighted by Gasteiger charge is -2.33. The molecule has 1 aromatic heterocycles. The van der Waals surface area contributed by atoms with Gasteiger partial charge in [-0.05, 0) is 30.7 Å². The molecule has 248 valence electrons. The van der Waals surface area contributed by atoms with Crippen LogP contribution in [0.4, 0.5) is 11.4 Å². The molecule has 0 atom stereocenters. The molecular weight excluding hydrogens is 653 g/mol. The first-order chi connectivity index (χ1) is 23.9. The Morgan fingerprint density at radius 3 is 2.20 bits per heavy atom. The predicted octanol–water partition coefficient (Wildman–Crippen LogP) is 6.64. The second-order valence-corrected chi connectivity index (χ2v) is 14.6. The Kier molecular flexibility index (Phi) is 9.47. The van der Waals surface area contributed by atoms with Crippen molar-refractivity contribution in [3.05, 3.63) is 132 Å². The number of thioether (sulfide) groups is 1. The summed E-state index contributed by atoms with van der Waals surface area (Å²) >= 11 is 1.70. The lowest BCUT2D eigenvalue weighted by atomic mass is 9.97. The summed E-state index contributed by atoms with van der Waals surface area (Å²) in [6, 6.07) is 35.8. The van der Waals surface area contributed by atoms with Crippen molar-refractivity contribution in [3.8, 4) is 11.1 Å². The van der Waals surface area contributed by atoms with Crippen molar-refractivity contribution < 1.29 is 13.2 Å². The molecule has 1 fully saturated rings. The van der Waals surface area contributed by atoms with E-state index in [9.17, 15) is 13.2 Å². The molecule has 0 aliphatic carbocycles. The van der Waals surface area contributed by atoms with Crippen LogP contribution >= 0.6 is 11.8 Å². The third-order valence-electron chi connectivity index (χ3n) is 8.66. The summed E-state index contributed by atoms with van der Waals surface area (Å²) in [5.41, 5.74) is 4.54. The molecule has 0 radical (unpaired) electrons. The van der Waals surface area contributed by atoms with Gasteiger partial charge in [0.1, 0.15) is 10.4 Å². The summed E-state index contributed by atoms with van der Waals surface area (Å²) in [6.45, 7) is 4.92. The van der Waals surface area contributed by atoms with Gasteiger partial charge in [-0.2, -0.15) is 0 Å². The van der Waals surface area contributed by atoms with Crippen LogP contribution in [0.15, 0.2) is 125 Å². The number of aromatic nitrogens is 3. The quantitative estimate of drug-likeness (QED) is 0.115. The lowest BCUT2D eigenvalue weighted by Crippen LogP contribution is -2.44. The van der Waals surface area contributed by atoms with Crippen LogP contribution in [0.5, 0.6) is 0 Å². The van der Waals surface area contributed by atoms with Gasteiger partial charge in [-0.1, -0.05) is 102 Å². The highest BCUT2D eigenvalue weighted by Crippen LogP contribution is 2.41. The number of piperazine rings is 1. The predicted molar refractivity (Wildman–Crippen MR) is 197 cm³/mol. The molecule has 5 aromatic carbocycles. The summed E-state index contributed by atoms with van der Waals surface area (Å²) in [6.07, 6.45) is 0. The summed E-state index contributed by atoms with van der Waals surface area (Å²) < 4.78 is 34.7. The van der Waals surface area contributed by atoms with Gasteiger partial charge in [0.15, 0.2) is 5.78 Å². The number of carbonyl (C=O) groups excluding carboxylic acids is 1. The van der Waals surface area contributed by atoms with E-state index in [0.29, 0.717) is 66.5 Å². The molecule has 6 aromatic rings. The summed E-state index contributed by atoms with van der Waals surface area (Å²) in [7, 11) is -4.38. The Labute approximate surface area is 290 Å². The van der Waals surface area contributed by atoms with Crippen LogP contribution < -0.4 is 14.9 Å². The molecular formula is C38H36N6O3S2. The topological polar surface area (TPSA) is 109 Å². The smallest absolute Gasteiger partial charge is 0.264 e. The molecule has 2 N–H and O–H groups in total. The molecule has 0 unspecified atom stereocenters. The molecule has 11 heteroatoms. The van der Waals surface area contributed by atoms with E-state index < -0.39 is 15.8 Å². The Balaban J connectivity index is 1.43. The molecule has 9 nitrogen and oxygen atoms in total. The van der Waals surface area contributed by atoms with Gasteiger partial charge in [0.2, 0.25) is 0 Å². The number of nitrogens with one attached hydrogen (secondary N) is 2. The van der Waals surface area contributed by atoms with Crippen molar-refractivity contribution >= 4 is 50.0 Å². The van der Waals surface area contributed by atoms with Crippen LogP contribution in [0.1, 0.15) is 21.5 Å². The second kappa shape index (κ2) is 14.3. The van der Waals surface area contributed by atoms with Crippen molar-refractivity contribution in [1.29, 1.82) is 0 Å². The first kappa shape index (κ1) is 32.6.